The van der Waals surface area contributed by atoms with E-state index in [-0.39, 0.29) is 5.78 Å². The van der Waals surface area contributed by atoms with Crippen LogP contribution in [0.5, 0.6) is 0 Å². The second-order valence-electron chi connectivity index (χ2n) is 5.83. The topological polar surface area (TPSA) is 63.6 Å². The Balaban J connectivity index is 1.77. The monoisotopic (exact) mass is 304 g/mol. The molecular formula is C18H16N4O. The minimum atomic E-state index is 0.0651. The smallest absolute Gasteiger partial charge is 0.159 e. The largest absolute Gasteiger partial charge is 0.295 e. The predicted molar refractivity (Wildman–Crippen MR) is 89.6 cm³/mol. The third-order valence-electron chi connectivity index (χ3n) is 4.23. The molecule has 23 heavy (non-hydrogen) atoms. The van der Waals surface area contributed by atoms with Crippen LogP contribution in [0.1, 0.15) is 28.5 Å². The van der Waals surface area contributed by atoms with Gasteiger partial charge in [-0.3, -0.25) is 14.6 Å². The molecule has 0 spiro atoms. The summed E-state index contributed by atoms with van der Waals surface area (Å²) in [5.74, 6) is 0.0651. The first-order valence-corrected chi connectivity index (χ1v) is 7.50. The maximum atomic E-state index is 11.6. The van der Waals surface area contributed by atoms with Crippen LogP contribution >= 0.6 is 0 Å². The fraction of sp³-hybridized carbons (Fsp3) is 0.167. The first-order chi connectivity index (χ1) is 11.1. The molecule has 114 valence electrons. The van der Waals surface area contributed by atoms with Crippen molar-refractivity contribution >= 4 is 27.6 Å². The molecule has 0 bridgehead atoms. The van der Waals surface area contributed by atoms with E-state index in [9.17, 15) is 4.79 Å². The molecule has 0 amide bonds. The maximum absolute atomic E-state index is 11.6. The molecule has 0 aliphatic carbocycles. The van der Waals surface area contributed by atoms with Crippen molar-refractivity contribution in [1.29, 1.82) is 0 Å². The molecule has 5 nitrogen and oxygen atoms in total. The van der Waals surface area contributed by atoms with Crippen LogP contribution in [0, 0.1) is 0 Å². The number of aromatic amines is 1. The summed E-state index contributed by atoms with van der Waals surface area (Å²) in [7, 11) is 1.94. The Morgan fingerprint density at radius 1 is 1.22 bits per heavy atom. The van der Waals surface area contributed by atoms with Crippen LogP contribution in [0.2, 0.25) is 0 Å². The van der Waals surface area contributed by atoms with Gasteiger partial charge in [0.05, 0.1) is 17.2 Å². The van der Waals surface area contributed by atoms with Crippen molar-refractivity contribution in [3.8, 4) is 0 Å². The van der Waals surface area contributed by atoms with Crippen molar-refractivity contribution in [3.63, 3.8) is 0 Å². The van der Waals surface area contributed by atoms with Gasteiger partial charge in [0.25, 0.3) is 0 Å². The number of hydrogen-bond donors (Lipinski definition) is 1. The highest BCUT2D eigenvalue weighted by Crippen LogP contribution is 2.22. The lowest BCUT2D eigenvalue weighted by atomic mass is 10.0. The van der Waals surface area contributed by atoms with Gasteiger partial charge < -0.3 is 0 Å². The Morgan fingerprint density at radius 2 is 2.09 bits per heavy atom. The molecule has 4 rings (SSSR count). The summed E-state index contributed by atoms with van der Waals surface area (Å²) in [5, 5.41) is 13.8. The van der Waals surface area contributed by atoms with Gasteiger partial charge in [-0.2, -0.15) is 10.2 Å². The molecule has 2 heterocycles. The zero-order valence-electron chi connectivity index (χ0n) is 13.0. The van der Waals surface area contributed by atoms with E-state index in [1.165, 1.54) is 5.56 Å². The van der Waals surface area contributed by atoms with Gasteiger partial charge in [0.2, 0.25) is 0 Å². The minimum Gasteiger partial charge on any atom is -0.295 e. The molecule has 2 aromatic heterocycles. The number of H-pyrrole nitrogens is 1. The number of nitrogens with one attached hydrogen (secondary N) is 1. The van der Waals surface area contributed by atoms with Crippen molar-refractivity contribution in [3.05, 3.63) is 59.4 Å². The number of rotatable bonds is 3. The number of carbonyl (C=O) groups is 1. The van der Waals surface area contributed by atoms with Gasteiger partial charge in [-0.25, -0.2) is 0 Å². The van der Waals surface area contributed by atoms with E-state index in [4.69, 9.17) is 0 Å². The molecule has 1 N–H and O–H groups in total. The molecule has 0 fully saturated rings. The number of ketones is 1. The Labute approximate surface area is 132 Å². The number of carbonyl (C=O) groups excluding carboxylic acids is 1. The average Bonchev–Trinajstić information content (AvgIpc) is 3.11. The minimum absolute atomic E-state index is 0.0651. The molecule has 0 saturated carbocycles. The van der Waals surface area contributed by atoms with E-state index in [2.05, 4.69) is 33.5 Å². The lowest BCUT2D eigenvalue weighted by Crippen LogP contribution is -1.94. The SMILES string of the molecule is CC(=O)c1ccc2n[nH]c(Cc3ccc4cnn(C)c4c3)c2c1. The predicted octanol–water partition coefficient (Wildman–Crippen LogP) is 3.24. The van der Waals surface area contributed by atoms with Gasteiger partial charge >= 0.3 is 0 Å². The number of nitrogens with zero attached hydrogens (tertiary/aromatic N) is 3. The van der Waals surface area contributed by atoms with Crippen LogP contribution in [0.15, 0.2) is 42.6 Å². The number of Topliss-reactive ketones (excluding diaryl/α,β-unsaturated/α-hetero) is 1. The molecule has 5 heteroatoms. The van der Waals surface area contributed by atoms with E-state index in [1.807, 2.05) is 36.1 Å². The fourth-order valence-electron chi connectivity index (χ4n) is 2.92. The third-order valence-corrected chi connectivity index (χ3v) is 4.23. The standard InChI is InChI=1S/C18H16N4O/c1-11(23)13-5-6-16-15(9-13)17(21-20-16)7-12-3-4-14-10-19-22(2)18(14)8-12/h3-6,8-10H,7H2,1-2H3,(H,20,21). The van der Waals surface area contributed by atoms with Gasteiger partial charge in [-0.15, -0.1) is 0 Å². The average molecular weight is 304 g/mol. The lowest BCUT2D eigenvalue weighted by molar-refractivity contribution is 0.101. The van der Waals surface area contributed by atoms with Gasteiger partial charge in [0.1, 0.15) is 0 Å². The summed E-state index contributed by atoms with van der Waals surface area (Å²) in [5.41, 5.74) is 4.90. The molecule has 0 aliphatic heterocycles. The number of aryl methyl sites for hydroxylation is 1. The molecule has 0 atom stereocenters. The first kappa shape index (κ1) is 13.7. The molecule has 0 radical (unpaired) electrons. The van der Waals surface area contributed by atoms with Crippen LogP contribution in [0.4, 0.5) is 0 Å². The zero-order chi connectivity index (χ0) is 16.0. The number of benzene rings is 2. The fourth-order valence-corrected chi connectivity index (χ4v) is 2.92. The third kappa shape index (κ3) is 2.30. The summed E-state index contributed by atoms with van der Waals surface area (Å²) in [6.45, 7) is 1.58. The molecule has 2 aromatic carbocycles. The van der Waals surface area contributed by atoms with Crippen LogP contribution < -0.4 is 0 Å². The number of fused-ring (bicyclic) bond motifs is 2. The highest BCUT2D eigenvalue weighted by Gasteiger charge is 2.10. The van der Waals surface area contributed by atoms with Crippen LogP contribution in [-0.2, 0) is 13.5 Å². The van der Waals surface area contributed by atoms with Gasteiger partial charge in [0, 0.05) is 35.5 Å². The summed E-state index contributed by atoms with van der Waals surface area (Å²) in [4.78, 5) is 11.6. The Bertz CT molecular complexity index is 1040. The summed E-state index contributed by atoms with van der Waals surface area (Å²) in [6, 6.07) is 11.9. The number of aromatic nitrogens is 4. The molecule has 0 saturated heterocycles. The summed E-state index contributed by atoms with van der Waals surface area (Å²) < 4.78 is 1.87. The zero-order valence-corrected chi connectivity index (χ0v) is 13.0. The van der Waals surface area contributed by atoms with Crippen molar-refractivity contribution in [2.24, 2.45) is 7.05 Å². The molecule has 0 unspecified atom stereocenters. The van der Waals surface area contributed by atoms with Crippen molar-refractivity contribution in [2.75, 3.05) is 0 Å². The van der Waals surface area contributed by atoms with E-state index in [1.54, 1.807) is 6.92 Å². The van der Waals surface area contributed by atoms with Crippen molar-refractivity contribution < 1.29 is 4.79 Å². The highest BCUT2D eigenvalue weighted by atomic mass is 16.1. The van der Waals surface area contributed by atoms with E-state index in [0.29, 0.717) is 5.56 Å². The summed E-state index contributed by atoms with van der Waals surface area (Å²) >= 11 is 0. The maximum Gasteiger partial charge on any atom is 0.159 e. The Morgan fingerprint density at radius 3 is 2.91 bits per heavy atom. The van der Waals surface area contributed by atoms with E-state index >= 15 is 0 Å². The molecular weight excluding hydrogens is 288 g/mol. The van der Waals surface area contributed by atoms with Gasteiger partial charge in [-0.1, -0.05) is 12.1 Å². The summed E-state index contributed by atoms with van der Waals surface area (Å²) in [6.07, 6.45) is 2.60. The van der Waals surface area contributed by atoms with Gasteiger partial charge in [0.15, 0.2) is 5.78 Å². The second kappa shape index (κ2) is 5.05. The van der Waals surface area contributed by atoms with E-state index in [0.717, 1.165) is 33.9 Å². The Hall–Kier alpha value is -2.95. The normalized spacial score (nSPS) is 11.4. The lowest BCUT2D eigenvalue weighted by Gasteiger charge is -2.02. The Kier molecular flexibility index (Phi) is 3.01. The van der Waals surface area contributed by atoms with Crippen molar-refractivity contribution in [2.45, 2.75) is 13.3 Å². The van der Waals surface area contributed by atoms with Gasteiger partial charge in [-0.05, 0) is 36.8 Å². The van der Waals surface area contributed by atoms with E-state index < -0.39 is 0 Å². The number of hydrogen-bond acceptors (Lipinski definition) is 3. The first-order valence-electron chi connectivity index (χ1n) is 7.50. The van der Waals surface area contributed by atoms with Crippen molar-refractivity contribution in [1.82, 2.24) is 20.0 Å². The molecule has 0 aliphatic rings. The highest BCUT2D eigenvalue weighted by molar-refractivity contribution is 5.98. The quantitative estimate of drug-likeness (QED) is 0.591. The van der Waals surface area contributed by atoms with Crippen LogP contribution in [0.3, 0.4) is 0 Å². The van der Waals surface area contributed by atoms with Crippen LogP contribution in [0.25, 0.3) is 21.8 Å². The van der Waals surface area contributed by atoms with Crippen LogP contribution in [-0.4, -0.2) is 25.8 Å². The second-order valence-corrected chi connectivity index (χ2v) is 5.83. The molecule has 4 aromatic rings.